The van der Waals surface area contributed by atoms with Gasteiger partial charge in [-0.15, -0.1) is 0 Å². The van der Waals surface area contributed by atoms with E-state index in [1.165, 1.54) is 0 Å². The zero-order valence-corrected chi connectivity index (χ0v) is 9.48. The van der Waals surface area contributed by atoms with Gasteiger partial charge in [-0.05, 0) is 0 Å². The van der Waals surface area contributed by atoms with Crippen molar-refractivity contribution in [3.63, 3.8) is 0 Å². The van der Waals surface area contributed by atoms with Gasteiger partial charge in [-0.25, -0.2) is 0 Å². The predicted octanol–water partition coefficient (Wildman–Crippen LogP) is -1.86. The summed E-state index contributed by atoms with van der Waals surface area (Å²) in [4.78, 5) is 0. The van der Waals surface area contributed by atoms with Crippen LogP contribution in [0.5, 0.6) is 0 Å². The Bertz CT molecular complexity index is 48.5. The Morgan fingerprint density at radius 2 is 2.50 bits per heavy atom. The fraction of sp³-hybridized carbons (Fsp3) is 1.00. The third kappa shape index (κ3) is 6.16. The maximum absolute atomic E-state index is 8.56. The molecule has 0 saturated heterocycles. The SMILES string of the molecule is OC(OSI)O[I-]S. The Kier molecular flexibility index (Phi) is 8.97. The summed E-state index contributed by atoms with van der Waals surface area (Å²) >= 11 is 1.24. The van der Waals surface area contributed by atoms with E-state index in [4.69, 9.17) is 5.11 Å². The molecule has 3 nitrogen and oxygen atoms in total. The Morgan fingerprint density at radius 3 is 2.88 bits per heavy atom. The van der Waals surface area contributed by atoms with E-state index in [1.807, 2.05) is 21.2 Å². The van der Waals surface area contributed by atoms with E-state index in [9.17, 15) is 0 Å². The van der Waals surface area contributed by atoms with Crippen LogP contribution >= 0.6 is 40.2 Å². The maximum atomic E-state index is 8.56. The summed E-state index contributed by atoms with van der Waals surface area (Å²) in [5.74, 6) is 0. The van der Waals surface area contributed by atoms with Gasteiger partial charge in [0.15, 0.2) is 0 Å². The number of halogens is 2. The van der Waals surface area contributed by atoms with Crippen molar-refractivity contribution in [2.75, 3.05) is 0 Å². The van der Waals surface area contributed by atoms with Crippen LogP contribution in [0.15, 0.2) is 0 Å². The summed E-state index contributed by atoms with van der Waals surface area (Å²) in [6, 6.07) is 0. The summed E-state index contributed by atoms with van der Waals surface area (Å²) in [6.07, 6.45) is 0. The first kappa shape index (κ1) is 10.0. The number of rotatable bonds is 4. The average molecular weight is 381 g/mol. The summed E-state index contributed by atoms with van der Waals surface area (Å²) in [5, 5.41) is 8.56. The second-order valence-electron chi connectivity index (χ2n) is 0.624. The Morgan fingerprint density at radius 1 is 1.88 bits per heavy atom. The topological polar surface area (TPSA) is 38.7 Å². The van der Waals surface area contributed by atoms with Crippen molar-refractivity contribution in [3.8, 4) is 0 Å². The molecule has 0 rings (SSSR count). The molecule has 1 atom stereocenters. The van der Waals surface area contributed by atoms with E-state index in [2.05, 4.69) is 17.0 Å². The van der Waals surface area contributed by atoms with Gasteiger partial charge >= 0.3 is 79.3 Å². The predicted molar refractivity (Wildman–Crippen MR) is 38.8 cm³/mol. The number of hydrogen-bond donors (Lipinski definition) is 2. The van der Waals surface area contributed by atoms with Crippen LogP contribution in [-0.2, 0) is 7.25 Å². The summed E-state index contributed by atoms with van der Waals surface area (Å²) in [7, 11) is 4.82. The molecule has 0 amide bonds. The van der Waals surface area contributed by atoms with Gasteiger partial charge in [0.1, 0.15) is 0 Å². The molecule has 0 aromatic carbocycles. The van der Waals surface area contributed by atoms with Crippen molar-refractivity contribution in [3.05, 3.63) is 0 Å². The van der Waals surface area contributed by atoms with Crippen molar-refractivity contribution in [2.45, 2.75) is 6.48 Å². The molecule has 7 heteroatoms. The van der Waals surface area contributed by atoms with Crippen molar-refractivity contribution < 1.29 is 32.6 Å². The molecule has 0 aliphatic rings. The number of hydrogen-bond acceptors (Lipinski definition) is 5. The summed E-state index contributed by atoms with van der Waals surface area (Å²) in [5.41, 5.74) is 0. The number of aliphatic hydroxyl groups excluding tert-OH is 1. The molecule has 1 N–H and O–H groups in total. The molecule has 0 radical (unpaired) electrons. The Hall–Kier alpha value is 2.04. The zero-order chi connectivity index (χ0) is 6.41. The normalized spacial score (nSPS) is 14.4. The molecule has 8 heavy (non-hydrogen) atoms. The molecule has 52 valence electrons. The van der Waals surface area contributed by atoms with Crippen LogP contribution in [0.1, 0.15) is 0 Å². The van der Waals surface area contributed by atoms with Gasteiger partial charge in [0, 0.05) is 0 Å². The van der Waals surface area contributed by atoms with Crippen LogP contribution in [0.3, 0.4) is 0 Å². The second-order valence-corrected chi connectivity index (χ2v) is 3.85. The molecule has 0 saturated carbocycles. The molecule has 0 spiro atoms. The molecule has 0 aliphatic heterocycles. The first-order chi connectivity index (χ1) is 3.81. The Balaban J connectivity index is 2.92. The van der Waals surface area contributed by atoms with E-state index in [0.29, 0.717) is 0 Å². The van der Waals surface area contributed by atoms with E-state index in [-0.39, 0.29) is 0 Å². The molecular formula is CH3I2O3S2-. The molecular weight excluding hydrogens is 378 g/mol. The van der Waals surface area contributed by atoms with E-state index in [1.54, 1.807) is 0 Å². The van der Waals surface area contributed by atoms with Crippen molar-refractivity contribution in [2.24, 2.45) is 0 Å². The van der Waals surface area contributed by atoms with Crippen molar-refractivity contribution in [1.82, 2.24) is 0 Å². The van der Waals surface area contributed by atoms with Gasteiger partial charge < -0.3 is 0 Å². The minimum absolute atomic E-state index is 0.643. The fourth-order valence-corrected chi connectivity index (χ4v) is 1.61. The average Bonchev–Trinajstić information content (AvgIpc) is 1.68. The van der Waals surface area contributed by atoms with Gasteiger partial charge in [0.25, 0.3) is 0 Å². The van der Waals surface area contributed by atoms with Crippen LogP contribution in [0.25, 0.3) is 0 Å². The zero-order valence-electron chi connectivity index (χ0n) is 3.45. The quantitative estimate of drug-likeness (QED) is 0.260. The molecule has 0 aliphatic carbocycles. The van der Waals surface area contributed by atoms with Gasteiger partial charge in [-0.3, -0.25) is 0 Å². The second kappa shape index (κ2) is 7.15. The standard InChI is InChI=1S/CH3I2O3S2/c2-8-6-1(4)5-3-7/h1,4,7H/q-1. The van der Waals surface area contributed by atoms with Crippen molar-refractivity contribution in [1.29, 1.82) is 0 Å². The number of thiol groups is 1. The molecule has 0 aromatic rings. The summed E-state index contributed by atoms with van der Waals surface area (Å²) < 4.78 is 9.06. The van der Waals surface area contributed by atoms with Crippen LogP contribution in [0.4, 0.5) is 0 Å². The minimum atomic E-state index is -1.11. The number of aliphatic hydroxyl groups is 1. The first-order valence-electron chi connectivity index (χ1n) is 1.37. The van der Waals surface area contributed by atoms with Crippen LogP contribution < -0.4 is 20.2 Å². The molecule has 1 unspecified atom stereocenters. The van der Waals surface area contributed by atoms with Crippen LogP contribution in [0.2, 0.25) is 0 Å². The van der Waals surface area contributed by atoms with Gasteiger partial charge in [0.2, 0.25) is 0 Å². The molecule has 0 fully saturated rings. The fourth-order valence-electron chi connectivity index (χ4n) is 0.0800. The van der Waals surface area contributed by atoms with Gasteiger partial charge in [-0.2, -0.15) is 0 Å². The monoisotopic (exact) mass is 381 g/mol. The van der Waals surface area contributed by atoms with Crippen molar-refractivity contribution >= 4 is 40.2 Å². The summed E-state index contributed by atoms with van der Waals surface area (Å²) in [6.45, 7) is -1.11. The van der Waals surface area contributed by atoms with Crippen LogP contribution in [-0.4, -0.2) is 11.6 Å². The van der Waals surface area contributed by atoms with E-state index in [0.717, 1.165) is 9.21 Å². The van der Waals surface area contributed by atoms with Crippen LogP contribution in [0, 0.1) is 0 Å². The van der Waals surface area contributed by atoms with E-state index < -0.39 is 26.7 Å². The molecule has 0 aromatic heterocycles. The van der Waals surface area contributed by atoms with Gasteiger partial charge in [-0.1, -0.05) is 0 Å². The Labute approximate surface area is 78.3 Å². The van der Waals surface area contributed by atoms with E-state index >= 15 is 0 Å². The molecule has 0 heterocycles. The first-order valence-corrected chi connectivity index (χ1v) is 8.77. The molecule has 0 bridgehead atoms. The third-order valence-electron chi connectivity index (χ3n) is 0.235. The third-order valence-corrected chi connectivity index (χ3v) is 2.29. The van der Waals surface area contributed by atoms with Gasteiger partial charge in [0.05, 0.1) is 0 Å².